The third kappa shape index (κ3) is 5.45. The molecule has 0 bridgehead atoms. The molecule has 0 spiro atoms. The summed E-state index contributed by atoms with van der Waals surface area (Å²) < 4.78 is 27.9. The molecule has 8 nitrogen and oxygen atoms in total. The molecule has 12 heteroatoms. The van der Waals surface area contributed by atoms with Gasteiger partial charge in [0.25, 0.3) is 21.6 Å². The maximum atomic E-state index is 12.9. The molecule has 0 aliphatic carbocycles. The van der Waals surface area contributed by atoms with Crippen molar-refractivity contribution in [2.75, 3.05) is 10.0 Å². The average molecular weight is 501 g/mol. The number of carbonyl (C=O) groups is 1. The van der Waals surface area contributed by atoms with E-state index in [1.165, 1.54) is 30.3 Å². The van der Waals surface area contributed by atoms with Crippen molar-refractivity contribution in [2.45, 2.75) is 4.90 Å². The molecule has 0 heterocycles. The first kappa shape index (κ1) is 22.8. The standard InChI is InChI=1S/C19H12Cl3N3O5S/c20-11-4-6-13(7-5-11)24-31(29,30)18-9-15(16(22)10-17(18)25(27)28)19(26)23-14-3-1-2-12(21)8-14/h1-10,24H,(H,23,26). The van der Waals surface area contributed by atoms with Gasteiger partial charge in [-0.1, -0.05) is 40.9 Å². The first-order chi connectivity index (χ1) is 14.6. The molecule has 3 rings (SSSR count). The van der Waals surface area contributed by atoms with Crippen molar-refractivity contribution in [1.82, 2.24) is 0 Å². The molecule has 0 atom stereocenters. The normalized spacial score (nSPS) is 11.1. The number of halogens is 3. The van der Waals surface area contributed by atoms with Crippen LogP contribution in [-0.4, -0.2) is 19.2 Å². The van der Waals surface area contributed by atoms with Crippen LogP contribution in [0.1, 0.15) is 10.4 Å². The summed E-state index contributed by atoms with van der Waals surface area (Å²) in [5.74, 6) is -0.773. The highest BCUT2D eigenvalue weighted by atomic mass is 35.5. The second-order valence-corrected chi connectivity index (χ2v) is 9.06. The second kappa shape index (κ2) is 9.11. The van der Waals surface area contributed by atoms with E-state index in [1.54, 1.807) is 18.2 Å². The van der Waals surface area contributed by atoms with Gasteiger partial charge in [0.05, 0.1) is 15.5 Å². The van der Waals surface area contributed by atoms with Crippen LogP contribution in [0.4, 0.5) is 17.1 Å². The van der Waals surface area contributed by atoms with Crippen molar-refractivity contribution in [3.05, 3.63) is 91.4 Å². The summed E-state index contributed by atoms with van der Waals surface area (Å²) in [6.45, 7) is 0. The van der Waals surface area contributed by atoms with Crippen molar-refractivity contribution < 1.29 is 18.1 Å². The van der Waals surface area contributed by atoms with Gasteiger partial charge in [0.15, 0.2) is 4.90 Å². The van der Waals surface area contributed by atoms with E-state index in [-0.39, 0.29) is 16.3 Å². The SMILES string of the molecule is O=C(Nc1cccc(Cl)c1)c1cc(S(=O)(=O)Nc2ccc(Cl)cc2)c([N+](=O)[O-])cc1Cl. The lowest BCUT2D eigenvalue weighted by atomic mass is 10.2. The first-order valence-corrected chi connectivity index (χ1v) is 11.0. The van der Waals surface area contributed by atoms with Gasteiger partial charge < -0.3 is 5.32 Å². The molecule has 2 N–H and O–H groups in total. The van der Waals surface area contributed by atoms with Crippen LogP contribution in [0.25, 0.3) is 0 Å². The Balaban J connectivity index is 2.03. The second-order valence-electron chi connectivity index (χ2n) is 6.13. The summed E-state index contributed by atoms with van der Waals surface area (Å²) in [6.07, 6.45) is 0. The molecule has 0 unspecified atom stereocenters. The lowest BCUT2D eigenvalue weighted by Gasteiger charge is -2.12. The number of nitrogens with zero attached hydrogens (tertiary/aromatic N) is 1. The number of hydrogen-bond acceptors (Lipinski definition) is 5. The fourth-order valence-corrected chi connectivity index (χ4v) is 4.37. The number of anilines is 2. The minimum absolute atomic E-state index is 0.124. The lowest BCUT2D eigenvalue weighted by Crippen LogP contribution is -2.18. The molecule has 3 aromatic rings. The Morgan fingerprint density at radius 1 is 0.903 bits per heavy atom. The zero-order chi connectivity index (χ0) is 22.8. The number of amides is 1. The van der Waals surface area contributed by atoms with Crippen LogP contribution in [0.2, 0.25) is 15.1 Å². The molecule has 0 radical (unpaired) electrons. The molecule has 1 amide bonds. The molecule has 0 aliphatic rings. The third-order valence-corrected chi connectivity index (χ3v) is 6.17. The maximum Gasteiger partial charge on any atom is 0.291 e. The number of nitro groups is 1. The Morgan fingerprint density at radius 2 is 1.58 bits per heavy atom. The van der Waals surface area contributed by atoms with Gasteiger partial charge in [0.2, 0.25) is 0 Å². The predicted molar refractivity (Wildman–Crippen MR) is 120 cm³/mol. The number of rotatable bonds is 6. The van der Waals surface area contributed by atoms with Crippen molar-refractivity contribution >= 4 is 67.8 Å². The number of nitrogens with one attached hydrogen (secondary N) is 2. The van der Waals surface area contributed by atoms with E-state index in [0.717, 1.165) is 12.1 Å². The minimum Gasteiger partial charge on any atom is -0.322 e. The predicted octanol–water partition coefficient (Wildman–Crippen LogP) is 5.61. The topological polar surface area (TPSA) is 118 Å². The largest absolute Gasteiger partial charge is 0.322 e. The van der Waals surface area contributed by atoms with E-state index in [2.05, 4.69) is 10.0 Å². The molecular weight excluding hydrogens is 489 g/mol. The molecule has 0 aromatic heterocycles. The summed E-state index contributed by atoms with van der Waals surface area (Å²) in [6, 6.07) is 13.5. The lowest BCUT2D eigenvalue weighted by molar-refractivity contribution is -0.387. The Bertz CT molecular complexity index is 1280. The molecule has 31 heavy (non-hydrogen) atoms. The molecule has 0 aliphatic heterocycles. The van der Waals surface area contributed by atoms with E-state index < -0.39 is 31.4 Å². The van der Waals surface area contributed by atoms with Gasteiger partial charge in [-0.2, -0.15) is 0 Å². The summed E-state index contributed by atoms with van der Waals surface area (Å²) in [5, 5.41) is 14.4. The van der Waals surface area contributed by atoms with Gasteiger partial charge in [0, 0.05) is 27.5 Å². The quantitative estimate of drug-likeness (QED) is 0.337. The Labute approximate surface area is 191 Å². The summed E-state index contributed by atoms with van der Waals surface area (Å²) in [4.78, 5) is 22.5. The van der Waals surface area contributed by atoms with E-state index >= 15 is 0 Å². The van der Waals surface area contributed by atoms with Crippen LogP contribution in [0.5, 0.6) is 0 Å². The van der Waals surface area contributed by atoms with E-state index in [4.69, 9.17) is 34.8 Å². The molecule has 0 saturated heterocycles. The van der Waals surface area contributed by atoms with Gasteiger partial charge in [-0.3, -0.25) is 19.6 Å². The van der Waals surface area contributed by atoms with Crippen LogP contribution in [0.3, 0.4) is 0 Å². The smallest absolute Gasteiger partial charge is 0.291 e. The summed E-state index contributed by atoms with van der Waals surface area (Å²) in [5.41, 5.74) is -0.608. The zero-order valence-corrected chi connectivity index (χ0v) is 18.4. The number of benzene rings is 3. The van der Waals surface area contributed by atoms with Crippen LogP contribution < -0.4 is 10.0 Å². The highest BCUT2D eigenvalue weighted by molar-refractivity contribution is 7.92. The average Bonchev–Trinajstić information content (AvgIpc) is 2.69. The zero-order valence-electron chi connectivity index (χ0n) is 15.3. The molecule has 3 aromatic carbocycles. The number of carbonyl (C=O) groups excluding carboxylic acids is 1. The first-order valence-electron chi connectivity index (χ1n) is 8.40. The number of sulfonamides is 1. The van der Waals surface area contributed by atoms with Gasteiger partial charge >= 0.3 is 0 Å². The number of nitro benzene ring substituents is 1. The van der Waals surface area contributed by atoms with Crippen molar-refractivity contribution in [3.8, 4) is 0 Å². The summed E-state index contributed by atoms with van der Waals surface area (Å²) >= 11 is 17.7. The third-order valence-electron chi connectivity index (χ3n) is 3.96. The van der Waals surface area contributed by atoms with Crippen molar-refractivity contribution in [2.24, 2.45) is 0 Å². The Kier molecular flexibility index (Phi) is 6.71. The molecule has 0 saturated carbocycles. The van der Waals surface area contributed by atoms with E-state index in [1.807, 2.05) is 0 Å². The highest BCUT2D eigenvalue weighted by Crippen LogP contribution is 2.32. The van der Waals surface area contributed by atoms with Gasteiger partial charge in [0.1, 0.15) is 0 Å². The van der Waals surface area contributed by atoms with Crippen molar-refractivity contribution in [3.63, 3.8) is 0 Å². The van der Waals surface area contributed by atoms with Gasteiger partial charge in [-0.15, -0.1) is 0 Å². The number of hydrogen-bond donors (Lipinski definition) is 2. The minimum atomic E-state index is -4.45. The van der Waals surface area contributed by atoms with Gasteiger partial charge in [-0.25, -0.2) is 8.42 Å². The molecular formula is C19H12Cl3N3O5S. The van der Waals surface area contributed by atoms with E-state index in [0.29, 0.717) is 15.7 Å². The summed E-state index contributed by atoms with van der Waals surface area (Å²) in [7, 11) is -4.45. The Morgan fingerprint density at radius 3 is 2.19 bits per heavy atom. The monoisotopic (exact) mass is 499 g/mol. The van der Waals surface area contributed by atoms with Crippen molar-refractivity contribution in [1.29, 1.82) is 0 Å². The fraction of sp³-hybridized carbons (Fsp3) is 0. The van der Waals surface area contributed by atoms with E-state index in [9.17, 15) is 23.3 Å². The highest BCUT2D eigenvalue weighted by Gasteiger charge is 2.29. The van der Waals surface area contributed by atoms with Crippen LogP contribution in [-0.2, 0) is 10.0 Å². The van der Waals surface area contributed by atoms with Crippen LogP contribution in [0.15, 0.2) is 65.6 Å². The fourth-order valence-electron chi connectivity index (χ4n) is 2.57. The van der Waals surface area contributed by atoms with Crippen LogP contribution >= 0.6 is 34.8 Å². The maximum absolute atomic E-state index is 12.9. The van der Waals surface area contributed by atoms with Crippen LogP contribution in [0, 0.1) is 10.1 Å². The van der Waals surface area contributed by atoms with Gasteiger partial charge in [-0.05, 0) is 48.5 Å². The molecule has 0 fully saturated rings. The molecule has 160 valence electrons. The Hall–Kier alpha value is -2.85.